The van der Waals surface area contributed by atoms with Gasteiger partial charge in [0.15, 0.2) is 0 Å². The molecular weight excluding hydrogens is 225 g/mol. The van der Waals surface area contributed by atoms with Gasteiger partial charge in [-0.1, -0.05) is 0 Å². The number of alkyl halides is 5. The average molecular weight is 229 g/mol. The third-order valence-electron chi connectivity index (χ3n) is 1.12. The molecule has 0 aromatic carbocycles. The molecule has 0 aliphatic carbocycles. The highest BCUT2D eigenvalue weighted by molar-refractivity contribution is 4.89. The standard InChI is InChI=1S/C6H4F5N3O/c7-5(8,9)1-6(10,11)15-4-13-2-12-3-14-4/h2-3H,1H2. The molecular formula is C6H4F5N3O. The van der Waals surface area contributed by atoms with Crippen LogP contribution < -0.4 is 4.74 Å². The minimum absolute atomic E-state index is 0.825. The predicted octanol–water partition coefficient (Wildman–Crippen LogP) is 1.80. The first-order chi connectivity index (χ1) is 6.79. The van der Waals surface area contributed by atoms with Crippen LogP contribution in [0.5, 0.6) is 6.01 Å². The minimum Gasteiger partial charge on any atom is -0.398 e. The van der Waals surface area contributed by atoms with Crippen molar-refractivity contribution in [2.45, 2.75) is 18.7 Å². The molecule has 15 heavy (non-hydrogen) atoms. The molecule has 1 heterocycles. The third-order valence-corrected chi connectivity index (χ3v) is 1.12. The van der Waals surface area contributed by atoms with E-state index in [1.165, 1.54) is 0 Å². The summed E-state index contributed by atoms with van der Waals surface area (Å²) in [5.41, 5.74) is 0. The van der Waals surface area contributed by atoms with Crippen molar-refractivity contribution in [3.05, 3.63) is 12.7 Å². The molecule has 0 amide bonds. The Hall–Kier alpha value is -1.54. The molecule has 0 aliphatic heterocycles. The molecule has 1 aromatic rings. The fourth-order valence-corrected chi connectivity index (χ4v) is 0.684. The Labute approximate surface area is 80.1 Å². The van der Waals surface area contributed by atoms with Crippen LogP contribution in [0.4, 0.5) is 22.0 Å². The largest absolute Gasteiger partial charge is 0.408 e. The summed E-state index contributed by atoms with van der Waals surface area (Å²) in [5.74, 6) is 0. The normalized spacial score (nSPS) is 12.6. The van der Waals surface area contributed by atoms with Gasteiger partial charge in [-0.15, -0.1) is 0 Å². The van der Waals surface area contributed by atoms with Crippen LogP contribution in [0.25, 0.3) is 0 Å². The van der Waals surface area contributed by atoms with Gasteiger partial charge in [-0.25, -0.2) is 4.98 Å². The number of hydrogen-bond acceptors (Lipinski definition) is 4. The first-order valence-electron chi connectivity index (χ1n) is 3.54. The van der Waals surface area contributed by atoms with Crippen molar-refractivity contribution >= 4 is 0 Å². The van der Waals surface area contributed by atoms with Crippen LogP contribution in [0.2, 0.25) is 0 Å². The molecule has 0 radical (unpaired) electrons. The smallest absolute Gasteiger partial charge is 0.398 e. The van der Waals surface area contributed by atoms with Crippen molar-refractivity contribution in [1.29, 1.82) is 0 Å². The first-order valence-corrected chi connectivity index (χ1v) is 3.54. The van der Waals surface area contributed by atoms with E-state index in [1.807, 2.05) is 0 Å². The second-order valence-corrected chi connectivity index (χ2v) is 2.45. The van der Waals surface area contributed by atoms with E-state index in [2.05, 4.69) is 19.7 Å². The van der Waals surface area contributed by atoms with Crippen LogP contribution in [0.15, 0.2) is 12.7 Å². The molecule has 1 aromatic heterocycles. The maximum Gasteiger partial charge on any atom is 0.408 e. The van der Waals surface area contributed by atoms with Gasteiger partial charge in [0.1, 0.15) is 19.1 Å². The highest BCUT2D eigenvalue weighted by atomic mass is 19.4. The number of hydrogen-bond donors (Lipinski definition) is 0. The van der Waals surface area contributed by atoms with Crippen molar-refractivity contribution in [2.75, 3.05) is 0 Å². The predicted molar refractivity (Wildman–Crippen MR) is 36.1 cm³/mol. The summed E-state index contributed by atoms with van der Waals surface area (Å²) in [6.45, 7) is 0. The van der Waals surface area contributed by atoms with Crippen LogP contribution in [-0.2, 0) is 0 Å². The van der Waals surface area contributed by atoms with Crippen molar-refractivity contribution in [3.8, 4) is 6.01 Å². The zero-order chi connectivity index (χ0) is 11.5. The topological polar surface area (TPSA) is 47.9 Å². The monoisotopic (exact) mass is 229 g/mol. The van der Waals surface area contributed by atoms with Gasteiger partial charge >= 0.3 is 18.3 Å². The number of nitrogens with zero attached hydrogens (tertiary/aromatic N) is 3. The quantitative estimate of drug-likeness (QED) is 0.741. The summed E-state index contributed by atoms with van der Waals surface area (Å²) in [6, 6.07) is -0.862. The van der Waals surface area contributed by atoms with E-state index in [1.54, 1.807) is 0 Å². The van der Waals surface area contributed by atoms with Crippen LogP contribution in [0.1, 0.15) is 6.42 Å². The van der Waals surface area contributed by atoms with E-state index in [-0.39, 0.29) is 0 Å². The lowest BCUT2D eigenvalue weighted by molar-refractivity contribution is -0.257. The fourth-order valence-electron chi connectivity index (χ4n) is 0.684. The summed E-state index contributed by atoms with van der Waals surface area (Å²) in [6.07, 6.45) is -10.2. The van der Waals surface area contributed by atoms with E-state index in [0.717, 1.165) is 12.7 Å². The second kappa shape index (κ2) is 3.91. The molecule has 0 saturated carbocycles. The SMILES string of the molecule is FC(F)(F)CC(F)(F)Oc1ncncn1. The number of aromatic nitrogens is 3. The van der Waals surface area contributed by atoms with Gasteiger partial charge in [-0.05, 0) is 0 Å². The van der Waals surface area contributed by atoms with Crippen LogP contribution in [0.3, 0.4) is 0 Å². The molecule has 4 nitrogen and oxygen atoms in total. The van der Waals surface area contributed by atoms with Crippen LogP contribution >= 0.6 is 0 Å². The van der Waals surface area contributed by atoms with E-state index >= 15 is 0 Å². The Morgan fingerprint density at radius 2 is 1.60 bits per heavy atom. The van der Waals surface area contributed by atoms with E-state index in [0.29, 0.717) is 0 Å². The average Bonchev–Trinajstić information content (AvgIpc) is 1.99. The Balaban J connectivity index is 2.65. The molecule has 0 aliphatic rings. The molecule has 9 heteroatoms. The van der Waals surface area contributed by atoms with Crippen LogP contribution in [-0.4, -0.2) is 27.2 Å². The lowest BCUT2D eigenvalue weighted by Gasteiger charge is -2.17. The van der Waals surface area contributed by atoms with Crippen LogP contribution in [0, 0.1) is 0 Å². The van der Waals surface area contributed by atoms with E-state index in [4.69, 9.17) is 0 Å². The number of rotatable bonds is 3. The summed E-state index contributed by atoms with van der Waals surface area (Å²) < 4.78 is 63.7. The van der Waals surface area contributed by atoms with Gasteiger partial charge < -0.3 is 4.74 Å². The third kappa shape index (κ3) is 4.47. The number of ether oxygens (including phenoxy) is 1. The van der Waals surface area contributed by atoms with Gasteiger partial charge in [0, 0.05) is 0 Å². The lowest BCUT2D eigenvalue weighted by atomic mass is 10.4. The summed E-state index contributed by atoms with van der Waals surface area (Å²) in [5, 5.41) is 0. The summed E-state index contributed by atoms with van der Waals surface area (Å²) in [4.78, 5) is 9.48. The Morgan fingerprint density at radius 1 is 1.07 bits per heavy atom. The van der Waals surface area contributed by atoms with Crippen molar-refractivity contribution in [2.24, 2.45) is 0 Å². The summed E-state index contributed by atoms with van der Waals surface area (Å²) >= 11 is 0. The van der Waals surface area contributed by atoms with Crippen molar-refractivity contribution < 1.29 is 26.7 Å². The molecule has 84 valence electrons. The lowest BCUT2D eigenvalue weighted by Crippen LogP contribution is -2.32. The highest BCUT2D eigenvalue weighted by Gasteiger charge is 2.46. The van der Waals surface area contributed by atoms with E-state index < -0.39 is 24.7 Å². The van der Waals surface area contributed by atoms with Gasteiger partial charge in [0.05, 0.1) is 0 Å². The molecule has 1 rings (SSSR count). The summed E-state index contributed by atoms with van der Waals surface area (Å²) in [7, 11) is 0. The second-order valence-electron chi connectivity index (χ2n) is 2.45. The molecule has 0 saturated heterocycles. The maximum absolute atomic E-state index is 12.6. The molecule has 0 spiro atoms. The van der Waals surface area contributed by atoms with Gasteiger partial charge in [0.2, 0.25) is 0 Å². The molecule has 0 unspecified atom stereocenters. The zero-order valence-corrected chi connectivity index (χ0v) is 7.00. The Kier molecular flexibility index (Phi) is 3.01. The highest BCUT2D eigenvalue weighted by Crippen LogP contribution is 2.32. The Morgan fingerprint density at radius 3 is 2.07 bits per heavy atom. The first kappa shape index (κ1) is 11.5. The zero-order valence-electron chi connectivity index (χ0n) is 7.00. The van der Waals surface area contributed by atoms with Gasteiger partial charge in [0.25, 0.3) is 0 Å². The molecule has 0 bridgehead atoms. The molecule has 0 N–H and O–H groups in total. The van der Waals surface area contributed by atoms with Gasteiger partial charge in [-0.2, -0.15) is 31.9 Å². The Bertz CT molecular complexity index is 314. The van der Waals surface area contributed by atoms with E-state index in [9.17, 15) is 22.0 Å². The molecule has 0 fully saturated rings. The number of halogens is 5. The minimum atomic E-state index is -5.03. The van der Waals surface area contributed by atoms with Crippen molar-refractivity contribution in [3.63, 3.8) is 0 Å². The molecule has 0 atom stereocenters. The fraction of sp³-hybridized carbons (Fsp3) is 0.500. The maximum atomic E-state index is 12.6. The van der Waals surface area contributed by atoms with Gasteiger partial charge in [-0.3, -0.25) is 0 Å². The van der Waals surface area contributed by atoms with Crippen molar-refractivity contribution in [1.82, 2.24) is 15.0 Å².